The molecule has 0 bridgehead atoms. The van der Waals surface area contributed by atoms with Crippen LogP contribution >= 0.6 is 0 Å². The number of nitrogens with two attached hydrogens (primary N) is 1. The van der Waals surface area contributed by atoms with Crippen molar-refractivity contribution in [2.24, 2.45) is 10.7 Å². The van der Waals surface area contributed by atoms with E-state index >= 15 is 0 Å². The topological polar surface area (TPSA) is 82.8 Å². The Kier molecular flexibility index (Phi) is 8.49. The Bertz CT molecular complexity index is 754. The van der Waals surface area contributed by atoms with E-state index in [1.807, 2.05) is 18.2 Å². The number of nitrogens with one attached hydrogen (secondary N) is 2. The highest BCUT2D eigenvalue weighted by Crippen LogP contribution is 2.19. The molecule has 2 aromatic rings. The van der Waals surface area contributed by atoms with Crippen molar-refractivity contribution >= 4 is 11.9 Å². The zero-order valence-corrected chi connectivity index (χ0v) is 17.0. The summed E-state index contributed by atoms with van der Waals surface area (Å²) < 4.78 is 0. The smallest absolute Gasteiger partial charge is 0.248 e. The Morgan fingerprint density at radius 1 is 1.04 bits per heavy atom. The Morgan fingerprint density at radius 2 is 1.68 bits per heavy atom. The zero-order chi connectivity index (χ0) is 20.4. The summed E-state index contributed by atoms with van der Waals surface area (Å²) in [5.41, 5.74) is 8.13. The van der Waals surface area contributed by atoms with E-state index in [-0.39, 0.29) is 6.04 Å². The van der Waals surface area contributed by atoms with Gasteiger partial charge in [-0.2, -0.15) is 0 Å². The molecular formula is C22H31N5O. The highest BCUT2D eigenvalue weighted by atomic mass is 16.1. The van der Waals surface area contributed by atoms with Gasteiger partial charge >= 0.3 is 0 Å². The number of nitrogens with zero attached hydrogens (tertiary/aromatic N) is 2. The van der Waals surface area contributed by atoms with Gasteiger partial charge in [-0.1, -0.05) is 56.3 Å². The molecule has 150 valence electrons. The fourth-order valence-electron chi connectivity index (χ4n) is 3.18. The standard InChI is InChI=1S/C22H31N5O/c1-4-27(5-2)20(18-9-7-6-8-10-18)16-26-22(24-3)25-15-17-11-13-19(14-12-17)21(23)28/h6-14,20H,4-5,15-16H2,1-3H3,(H2,23,28)(H2,24,25,26). The third-order valence-electron chi connectivity index (χ3n) is 4.82. The van der Waals surface area contributed by atoms with Gasteiger partial charge in [-0.05, 0) is 36.3 Å². The monoisotopic (exact) mass is 381 g/mol. The number of aliphatic imine (C=N–C) groups is 1. The number of amides is 1. The summed E-state index contributed by atoms with van der Waals surface area (Å²) in [7, 11) is 1.76. The average Bonchev–Trinajstić information content (AvgIpc) is 2.74. The Labute approximate surface area is 167 Å². The molecule has 0 heterocycles. The molecule has 0 aliphatic heterocycles. The summed E-state index contributed by atoms with van der Waals surface area (Å²) >= 11 is 0. The lowest BCUT2D eigenvalue weighted by Gasteiger charge is -2.30. The van der Waals surface area contributed by atoms with Gasteiger partial charge in [0, 0.05) is 25.7 Å². The molecule has 0 aliphatic carbocycles. The number of hydrogen-bond acceptors (Lipinski definition) is 3. The molecule has 1 atom stereocenters. The quantitative estimate of drug-likeness (QED) is 0.460. The van der Waals surface area contributed by atoms with Crippen LogP contribution in [0.4, 0.5) is 0 Å². The number of guanidine groups is 1. The normalized spacial score (nSPS) is 12.6. The van der Waals surface area contributed by atoms with Gasteiger partial charge in [0.05, 0.1) is 6.04 Å². The van der Waals surface area contributed by atoms with Crippen LogP contribution in [0.2, 0.25) is 0 Å². The van der Waals surface area contributed by atoms with E-state index in [1.54, 1.807) is 19.2 Å². The van der Waals surface area contributed by atoms with Crippen molar-refractivity contribution in [3.63, 3.8) is 0 Å². The zero-order valence-electron chi connectivity index (χ0n) is 17.0. The first-order valence-corrected chi connectivity index (χ1v) is 9.71. The second-order valence-electron chi connectivity index (χ2n) is 6.52. The molecule has 0 saturated heterocycles. The minimum absolute atomic E-state index is 0.268. The summed E-state index contributed by atoms with van der Waals surface area (Å²) in [4.78, 5) is 17.9. The molecule has 0 spiro atoms. The molecular weight excluding hydrogens is 350 g/mol. The van der Waals surface area contributed by atoms with Crippen molar-refractivity contribution < 1.29 is 4.79 Å². The van der Waals surface area contributed by atoms with Crippen molar-refractivity contribution in [2.45, 2.75) is 26.4 Å². The van der Waals surface area contributed by atoms with Gasteiger partial charge in [0.25, 0.3) is 0 Å². The van der Waals surface area contributed by atoms with Crippen LogP contribution in [0.1, 0.15) is 41.4 Å². The number of carbonyl (C=O) groups excluding carboxylic acids is 1. The van der Waals surface area contributed by atoms with E-state index in [0.29, 0.717) is 12.1 Å². The van der Waals surface area contributed by atoms with Crippen LogP contribution in [0.5, 0.6) is 0 Å². The summed E-state index contributed by atoms with van der Waals surface area (Å²) in [5, 5.41) is 6.76. The first-order valence-electron chi connectivity index (χ1n) is 9.71. The number of benzene rings is 2. The lowest BCUT2D eigenvalue weighted by molar-refractivity contribution is 0.100. The van der Waals surface area contributed by atoms with Crippen molar-refractivity contribution in [1.82, 2.24) is 15.5 Å². The van der Waals surface area contributed by atoms with Gasteiger partial charge in [-0.25, -0.2) is 0 Å². The van der Waals surface area contributed by atoms with E-state index in [2.05, 4.69) is 58.6 Å². The summed E-state index contributed by atoms with van der Waals surface area (Å²) in [6.07, 6.45) is 0. The van der Waals surface area contributed by atoms with E-state index in [0.717, 1.165) is 31.2 Å². The van der Waals surface area contributed by atoms with E-state index < -0.39 is 5.91 Å². The molecule has 1 unspecified atom stereocenters. The maximum absolute atomic E-state index is 11.2. The van der Waals surface area contributed by atoms with E-state index in [9.17, 15) is 4.79 Å². The number of likely N-dealkylation sites (N-methyl/N-ethyl adjacent to an activating group) is 1. The molecule has 1 amide bonds. The van der Waals surface area contributed by atoms with E-state index in [1.165, 1.54) is 5.56 Å². The minimum atomic E-state index is -0.416. The molecule has 2 aromatic carbocycles. The fourth-order valence-corrected chi connectivity index (χ4v) is 3.18. The highest BCUT2D eigenvalue weighted by molar-refractivity contribution is 5.92. The largest absolute Gasteiger partial charge is 0.366 e. The number of rotatable bonds is 9. The van der Waals surface area contributed by atoms with Gasteiger partial charge < -0.3 is 16.4 Å². The molecule has 0 fully saturated rings. The van der Waals surface area contributed by atoms with Crippen LogP contribution in [0.25, 0.3) is 0 Å². The van der Waals surface area contributed by atoms with Crippen LogP contribution in [0.3, 0.4) is 0 Å². The molecule has 2 rings (SSSR count). The van der Waals surface area contributed by atoms with Crippen LogP contribution < -0.4 is 16.4 Å². The second-order valence-corrected chi connectivity index (χ2v) is 6.52. The summed E-state index contributed by atoms with van der Waals surface area (Å²) in [6.45, 7) is 7.70. The first-order chi connectivity index (χ1) is 13.6. The molecule has 28 heavy (non-hydrogen) atoms. The number of hydrogen-bond donors (Lipinski definition) is 3. The van der Waals surface area contributed by atoms with Crippen LogP contribution in [-0.2, 0) is 6.54 Å². The van der Waals surface area contributed by atoms with Gasteiger partial charge in [0.1, 0.15) is 0 Å². The molecule has 6 nitrogen and oxygen atoms in total. The Hall–Kier alpha value is -2.86. The minimum Gasteiger partial charge on any atom is -0.366 e. The Morgan fingerprint density at radius 3 is 2.21 bits per heavy atom. The number of primary amides is 1. The predicted molar refractivity (Wildman–Crippen MR) is 115 cm³/mol. The SMILES string of the molecule is CCN(CC)C(CNC(=NC)NCc1ccc(C(N)=O)cc1)c1ccccc1. The van der Waals surface area contributed by atoms with Crippen molar-refractivity contribution in [2.75, 3.05) is 26.7 Å². The van der Waals surface area contributed by atoms with Crippen LogP contribution in [0.15, 0.2) is 59.6 Å². The maximum atomic E-state index is 11.2. The molecule has 0 aromatic heterocycles. The van der Waals surface area contributed by atoms with Gasteiger partial charge in [0.2, 0.25) is 5.91 Å². The van der Waals surface area contributed by atoms with Gasteiger partial charge in [-0.15, -0.1) is 0 Å². The number of carbonyl (C=O) groups is 1. The molecule has 0 aliphatic rings. The van der Waals surface area contributed by atoms with Crippen LogP contribution in [-0.4, -0.2) is 43.4 Å². The molecule has 6 heteroatoms. The molecule has 0 radical (unpaired) electrons. The van der Waals surface area contributed by atoms with Crippen molar-refractivity contribution in [3.05, 3.63) is 71.3 Å². The van der Waals surface area contributed by atoms with Gasteiger partial charge in [0.15, 0.2) is 5.96 Å². The highest BCUT2D eigenvalue weighted by Gasteiger charge is 2.18. The fraction of sp³-hybridized carbons (Fsp3) is 0.364. The second kappa shape index (κ2) is 11.1. The van der Waals surface area contributed by atoms with Crippen molar-refractivity contribution in [1.29, 1.82) is 0 Å². The van der Waals surface area contributed by atoms with Crippen LogP contribution in [0, 0.1) is 0 Å². The predicted octanol–water partition coefficient (Wildman–Crippen LogP) is 2.53. The third kappa shape index (κ3) is 6.09. The summed E-state index contributed by atoms with van der Waals surface area (Å²) in [5.74, 6) is 0.326. The third-order valence-corrected chi connectivity index (χ3v) is 4.82. The maximum Gasteiger partial charge on any atom is 0.248 e. The average molecular weight is 382 g/mol. The van der Waals surface area contributed by atoms with E-state index in [4.69, 9.17) is 5.73 Å². The summed E-state index contributed by atoms with van der Waals surface area (Å²) in [6, 6.07) is 18.1. The van der Waals surface area contributed by atoms with Gasteiger partial charge in [-0.3, -0.25) is 14.7 Å². The molecule has 4 N–H and O–H groups in total. The Balaban J connectivity index is 1.97. The van der Waals surface area contributed by atoms with Crippen molar-refractivity contribution in [3.8, 4) is 0 Å². The lowest BCUT2D eigenvalue weighted by Crippen LogP contribution is -2.43. The molecule has 0 saturated carbocycles. The lowest BCUT2D eigenvalue weighted by atomic mass is 10.1. The first kappa shape index (κ1) is 21.4.